The van der Waals surface area contributed by atoms with Gasteiger partial charge in [0.15, 0.2) is 0 Å². The summed E-state index contributed by atoms with van der Waals surface area (Å²) in [5, 5.41) is 9.69. The SMILES string of the molecule is CC=CCOC[C@H]1[C@@H](CCSCCCCC(=O)N(C)O)[C@H]2CC[C@@H]1O2. The summed E-state index contributed by atoms with van der Waals surface area (Å²) in [5.41, 5.74) is 0. The first kappa shape index (κ1) is 20.7. The molecule has 2 fully saturated rings. The summed E-state index contributed by atoms with van der Waals surface area (Å²) < 4.78 is 11.9. The van der Waals surface area contributed by atoms with E-state index in [0.717, 1.165) is 31.0 Å². The summed E-state index contributed by atoms with van der Waals surface area (Å²) in [5.74, 6) is 3.22. The van der Waals surface area contributed by atoms with Crippen molar-refractivity contribution in [3.8, 4) is 0 Å². The van der Waals surface area contributed by atoms with Crippen molar-refractivity contribution in [1.29, 1.82) is 0 Å². The molecule has 2 bridgehead atoms. The summed E-state index contributed by atoms with van der Waals surface area (Å²) >= 11 is 1.97. The molecule has 0 unspecified atom stereocenters. The van der Waals surface area contributed by atoms with Crippen LogP contribution in [0.3, 0.4) is 0 Å². The van der Waals surface area contributed by atoms with Crippen LogP contribution >= 0.6 is 11.8 Å². The lowest BCUT2D eigenvalue weighted by molar-refractivity contribution is -0.159. The van der Waals surface area contributed by atoms with E-state index in [2.05, 4.69) is 6.08 Å². The van der Waals surface area contributed by atoms with Crippen LogP contribution in [0, 0.1) is 11.8 Å². The van der Waals surface area contributed by atoms with Crippen LogP contribution in [0.2, 0.25) is 0 Å². The van der Waals surface area contributed by atoms with Crippen LogP contribution in [0.4, 0.5) is 0 Å². The third-order valence-corrected chi connectivity index (χ3v) is 6.34. The molecule has 4 atom stereocenters. The van der Waals surface area contributed by atoms with Gasteiger partial charge in [0.1, 0.15) is 0 Å². The Hall–Kier alpha value is -0.560. The Labute approximate surface area is 156 Å². The number of unbranched alkanes of at least 4 members (excludes halogenated alkanes) is 1. The fraction of sp³-hybridized carbons (Fsp3) is 0.842. The van der Waals surface area contributed by atoms with Gasteiger partial charge in [-0.25, -0.2) is 5.06 Å². The van der Waals surface area contributed by atoms with Crippen molar-refractivity contribution in [3.63, 3.8) is 0 Å². The number of nitrogens with zero attached hydrogens (tertiary/aromatic N) is 1. The van der Waals surface area contributed by atoms with Gasteiger partial charge < -0.3 is 9.47 Å². The van der Waals surface area contributed by atoms with E-state index in [9.17, 15) is 4.79 Å². The lowest BCUT2D eigenvalue weighted by Gasteiger charge is -2.27. The number of amides is 1. The summed E-state index contributed by atoms with van der Waals surface area (Å²) in [6.07, 6.45) is 10.8. The molecule has 25 heavy (non-hydrogen) atoms. The molecular weight excluding hydrogens is 338 g/mol. The van der Waals surface area contributed by atoms with Gasteiger partial charge in [0.2, 0.25) is 5.91 Å². The molecule has 1 N–H and O–H groups in total. The highest BCUT2D eigenvalue weighted by Crippen LogP contribution is 2.45. The van der Waals surface area contributed by atoms with E-state index in [4.69, 9.17) is 14.7 Å². The molecule has 2 aliphatic rings. The highest BCUT2D eigenvalue weighted by Gasteiger charge is 2.48. The fourth-order valence-electron chi connectivity index (χ4n) is 3.83. The predicted molar refractivity (Wildman–Crippen MR) is 101 cm³/mol. The van der Waals surface area contributed by atoms with Crippen LogP contribution in [0.5, 0.6) is 0 Å². The van der Waals surface area contributed by atoms with Gasteiger partial charge in [0, 0.05) is 19.4 Å². The standard InChI is InChI=1S/C19H33NO4S/c1-3-4-11-23-14-16-15(17-8-9-18(16)24-17)10-13-25-12-6-5-7-19(21)20(2)22/h3-4,15-18,22H,5-14H2,1-2H3/t15-,16+,17-,18+/m1/s1. The zero-order valence-corrected chi connectivity index (χ0v) is 16.4. The quantitative estimate of drug-likeness (QED) is 0.246. The molecule has 2 rings (SSSR count). The molecule has 0 radical (unpaired) electrons. The van der Waals surface area contributed by atoms with Gasteiger partial charge in [-0.1, -0.05) is 12.2 Å². The molecule has 0 spiro atoms. The molecular formula is C19H33NO4S. The lowest BCUT2D eigenvalue weighted by Crippen LogP contribution is -2.31. The topological polar surface area (TPSA) is 59.0 Å². The van der Waals surface area contributed by atoms with Gasteiger partial charge in [-0.3, -0.25) is 10.0 Å². The second-order valence-electron chi connectivity index (χ2n) is 7.00. The molecule has 2 heterocycles. The molecule has 6 heteroatoms. The third-order valence-electron chi connectivity index (χ3n) is 5.24. The number of fused-ring (bicyclic) bond motifs is 2. The summed E-state index contributed by atoms with van der Waals surface area (Å²) in [6.45, 7) is 3.53. The van der Waals surface area contributed by atoms with E-state index in [1.54, 1.807) is 0 Å². The maximum absolute atomic E-state index is 11.3. The Morgan fingerprint density at radius 2 is 2.04 bits per heavy atom. The Balaban J connectivity index is 1.58. The average Bonchev–Trinajstić information content (AvgIpc) is 3.19. The number of hydrogen-bond acceptors (Lipinski definition) is 5. The number of hydroxylamine groups is 2. The molecule has 0 aliphatic carbocycles. The molecule has 5 nitrogen and oxygen atoms in total. The lowest BCUT2D eigenvalue weighted by atomic mass is 9.78. The first-order valence-corrected chi connectivity index (χ1v) is 10.7. The van der Waals surface area contributed by atoms with Crippen molar-refractivity contribution in [2.45, 2.75) is 57.7 Å². The Bertz CT molecular complexity index is 430. The summed E-state index contributed by atoms with van der Waals surface area (Å²) in [4.78, 5) is 11.3. The predicted octanol–water partition coefficient (Wildman–Crippen LogP) is 3.51. The Morgan fingerprint density at radius 3 is 2.76 bits per heavy atom. The van der Waals surface area contributed by atoms with Crippen molar-refractivity contribution >= 4 is 17.7 Å². The maximum atomic E-state index is 11.3. The second kappa shape index (κ2) is 11.2. The molecule has 1 amide bonds. The number of ether oxygens (including phenoxy) is 2. The van der Waals surface area contributed by atoms with E-state index in [1.807, 2.05) is 24.8 Å². The molecule has 2 saturated heterocycles. The van der Waals surface area contributed by atoms with Gasteiger partial charge in [-0.15, -0.1) is 0 Å². The average molecular weight is 372 g/mol. The van der Waals surface area contributed by atoms with Crippen molar-refractivity contribution in [3.05, 3.63) is 12.2 Å². The zero-order chi connectivity index (χ0) is 18.1. The fourth-order valence-corrected chi connectivity index (χ4v) is 4.88. The van der Waals surface area contributed by atoms with Crippen molar-refractivity contribution in [1.82, 2.24) is 5.06 Å². The zero-order valence-electron chi connectivity index (χ0n) is 15.6. The number of carbonyl (C=O) groups excluding carboxylic acids is 1. The van der Waals surface area contributed by atoms with Crippen LogP contribution in [0.25, 0.3) is 0 Å². The number of allylic oxidation sites excluding steroid dienone is 1. The first-order chi connectivity index (χ1) is 12.1. The molecule has 0 aromatic carbocycles. The number of hydrogen-bond donors (Lipinski definition) is 1. The largest absolute Gasteiger partial charge is 0.377 e. The van der Waals surface area contributed by atoms with Gasteiger partial charge in [-0.2, -0.15) is 11.8 Å². The third kappa shape index (κ3) is 6.59. The summed E-state index contributed by atoms with van der Waals surface area (Å²) in [6, 6.07) is 0. The van der Waals surface area contributed by atoms with Gasteiger partial charge >= 0.3 is 0 Å². The van der Waals surface area contributed by atoms with E-state index in [1.165, 1.54) is 26.3 Å². The molecule has 0 aromatic rings. The van der Waals surface area contributed by atoms with Crippen molar-refractivity contribution in [2.24, 2.45) is 11.8 Å². The molecule has 2 aliphatic heterocycles. The minimum Gasteiger partial charge on any atom is -0.377 e. The van der Waals surface area contributed by atoms with Gasteiger partial charge in [0.25, 0.3) is 0 Å². The molecule has 144 valence electrons. The second-order valence-corrected chi connectivity index (χ2v) is 8.22. The van der Waals surface area contributed by atoms with E-state index in [0.29, 0.717) is 42.1 Å². The minimum absolute atomic E-state index is 0.204. The van der Waals surface area contributed by atoms with E-state index in [-0.39, 0.29) is 5.91 Å². The molecule has 0 aromatic heterocycles. The number of carbonyl (C=O) groups is 1. The smallest absolute Gasteiger partial charge is 0.245 e. The normalized spacial score (nSPS) is 28.1. The van der Waals surface area contributed by atoms with Crippen molar-refractivity contribution in [2.75, 3.05) is 31.8 Å². The highest BCUT2D eigenvalue weighted by molar-refractivity contribution is 7.99. The monoisotopic (exact) mass is 371 g/mol. The molecule has 0 saturated carbocycles. The van der Waals surface area contributed by atoms with Crippen LogP contribution in [0.15, 0.2) is 12.2 Å². The number of thioether (sulfide) groups is 1. The Morgan fingerprint density at radius 1 is 1.28 bits per heavy atom. The Kier molecular flexibility index (Phi) is 9.31. The summed E-state index contributed by atoms with van der Waals surface area (Å²) in [7, 11) is 1.38. The maximum Gasteiger partial charge on any atom is 0.245 e. The van der Waals surface area contributed by atoms with Gasteiger partial charge in [0.05, 0.1) is 25.4 Å². The van der Waals surface area contributed by atoms with Crippen molar-refractivity contribution < 1.29 is 19.5 Å². The van der Waals surface area contributed by atoms with E-state index < -0.39 is 0 Å². The van der Waals surface area contributed by atoms with Crippen LogP contribution in [-0.4, -0.2) is 60.2 Å². The number of rotatable bonds is 12. The minimum atomic E-state index is -0.204. The first-order valence-electron chi connectivity index (χ1n) is 9.51. The van der Waals surface area contributed by atoms with Crippen LogP contribution < -0.4 is 0 Å². The van der Waals surface area contributed by atoms with E-state index >= 15 is 0 Å². The highest BCUT2D eigenvalue weighted by atomic mass is 32.2. The van der Waals surface area contributed by atoms with Gasteiger partial charge in [-0.05, 0) is 56.5 Å². The van der Waals surface area contributed by atoms with Crippen LogP contribution in [-0.2, 0) is 14.3 Å². The van der Waals surface area contributed by atoms with Crippen LogP contribution in [0.1, 0.15) is 45.4 Å².